The number of Topliss-reactive ketones (excluding diaryl/α,β-unsaturated/α-hetero) is 1. The van der Waals surface area contributed by atoms with Gasteiger partial charge in [0.2, 0.25) is 0 Å². The first kappa shape index (κ1) is 11.3. The van der Waals surface area contributed by atoms with Gasteiger partial charge in [-0.3, -0.25) is 4.79 Å². The molecule has 0 radical (unpaired) electrons. The molecular formula is C13H14O2. The molecule has 15 heavy (non-hydrogen) atoms. The van der Waals surface area contributed by atoms with E-state index in [0.29, 0.717) is 5.75 Å². The largest absolute Gasteiger partial charge is 0.486 e. The van der Waals surface area contributed by atoms with Gasteiger partial charge in [0.25, 0.3) is 0 Å². The van der Waals surface area contributed by atoms with Gasteiger partial charge in [-0.05, 0) is 26.0 Å². The number of hydrogen-bond acceptors (Lipinski definition) is 2. The lowest BCUT2D eigenvalue weighted by atomic mass is 10.1. The minimum absolute atomic E-state index is 0.00760. The van der Waals surface area contributed by atoms with Gasteiger partial charge in [0, 0.05) is 0 Å². The maximum absolute atomic E-state index is 11.5. The van der Waals surface area contributed by atoms with E-state index in [4.69, 9.17) is 4.74 Å². The van der Waals surface area contributed by atoms with Crippen molar-refractivity contribution in [2.45, 2.75) is 13.8 Å². The minimum atomic E-state index is -0.251. The Bertz CT molecular complexity index is 371. The Kier molecular flexibility index (Phi) is 4.43. The molecule has 1 atom stereocenters. The highest BCUT2D eigenvalue weighted by atomic mass is 16.5. The minimum Gasteiger partial charge on any atom is -0.486 e. The standard InChI is InChI=1S/C13H14O2/c1-3-7-11(2)13(14)10-15-12-8-5-4-6-9-12/h4-6,8-9,11H,10H2,1-2H3. The second-order valence-corrected chi connectivity index (χ2v) is 3.18. The fourth-order valence-corrected chi connectivity index (χ4v) is 1.09. The summed E-state index contributed by atoms with van der Waals surface area (Å²) in [5, 5.41) is 0. The molecule has 0 fully saturated rings. The van der Waals surface area contributed by atoms with Crippen LogP contribution in [0.5, 0.6) is 5.75 Å². The number of carbonyl (C=O) groups is 1. The number of carbonyl (C=O) groups excluding carboxylic acids is 1. The number of ketones is 1. The van der Waals surface area contributed by atoms with Crippen molar-refractivity contribution in [2.24, 2.45) is 5.92 Å². The van der Waals surface area contributed by atoms with Crippen LogP contribution in [0.2, 0.25) is 0 Å². The van der Waals surface area contributed by atoms with Crippen LogP contribution in [-0.4, -0.2) is 12.4 Å². The first-order valence-electron chi connectivity index (χ1n) is 4.87. The zero-order chi connectivity index (χ0) is 11.1. The maximum Gasteiger partial charge on any atom is 0.184 e. The van der Waals surface area contributed by atoms with Crippen molar-refractivity contribution in [3.05, 3.63) is 30.3 Å². The Balaban J connectivity index is 2.43. The molecule has 1 aromatic rings. The van der Waals surface area contributed by atoms with E-state index in [1.807, 2.05) is 30.3 Å². The molecule has 0 aliphatic heterocycles. The van der Waals surface area contributed by atoms with Crippen molar-refractivity contribution < 1.29 is 9.53 Å². The molecule has 1 rings (SSSR count). The molecular weight excluding hydrogens is 188 g/mol. The van der Waals surface area contributed by atoms with Crippen molar-refractivity contribution in [3.63, 3.8) is 0 Å². The molecule has 0 aliphatic carbocycles. The Labute approximate surface area is 90.3 Å². The van der Waals surface area contributed by atoms with Crippen LogP contribution in [0.3, 0.4) is 0 Å². The number of para-hydroxylation sites is 1. The average molecular weight is 202 g/mol. The maximum atomic E-state index is 11.5. The van der Waals surface area contributed by atoms with Crippen LogP contribution in [0.25, 0.3) is 0 Å². The third kappa shape index (κ3) is 3.86. The molecule has 1 aromatic carbocycles. The van der Waals surface area contributed by atoms with Crippen LogP contribution in [0.4, 0.5) is 0 Å². The van der Waals surface area contributed by atoms with E-state index in [1.54, 1.807) is 13.8 Å². The third-order valence-electron chi connectivity index (χ3n) is 1.97. The van der Waals surface area contributed by atoms with Crippen LogP contribution < -0.4 is 4.74 Å². The van der Waals surface area contributed by atoms with E-state index >= 15 is 0 Å². The Morgan fingerprint density at radius 2 is 2.07 bits per heavy atom. The van der Waals surface area contributed by atoms with Crippen molar-refractivity contribution in [1.29, 1.82) is 0 Å². The molecule has 0 amide bonds. The summed E-state index contributed by atoms with van der Waals surface area (Å²) < 4.78 is 5.32. The van der Waals surface area contributed by atoms with Gasteiger partial charge in [-0.1, -0.05) is 24.1 Å². The van der Waals surface area contributed by atoms with E-state index < -0.39 is 0 Å². The lowest BCUT2D eigenvalue weighted by Gasteiger charge is -2.06. The number of benzene rings is 1. The second kappa shape index (κ2) is 5.87. The molecule has 2 nitrogen and oxygen atoms in total. The smallest absolute Gasteiger partial charge is 0.184 e. The lowest BCUT2D eigenvalue weighted by Crippen LogP contribution is -2.18. The summed E-state index contributed by atoms with van der Waals surface area (Å²) in [5.41, 5.74) is 0. The summed E-state index contributed by atoms with van der Waals surface area (Å²) in [5.74, 6) is 5.99. The lowest BCUT2D eigenvalue weighted by molar-refractivity contribution is -0.122. The predicted octanol–water partition coefficient (Wildman–Crippen LogP) is 2.29. The number of rotatable bonds is 4. The zero-order valence-corrected chi connectivity index (χ0v) is 8.99. The molecule has 0 bridgehead atoms. The third-order valence-corrected chi connectivity index (χ3v) is 1.97. The van der Waals surface area contributed by atoms with Gasteiger partial charge in [0.1, 0.15) is 12.4 Å². The number of hydrogen-bond donors (Lipinski definition) is 0. The van der Waals surface area contributed by atoms with Gasteiger partial charge in [-0.15, -0.1) is 5.92 Å². The quantitative estimate of drug-likeness (QED) is 0.700. The SMILES string of the molecule is CC#CC(C)C(=O)COc1ccccc1. The van der Waals surface area contributed by atoms with Crippen LogP contribution in [-0.2, 0) is 4.79 Å². The fraction of sp³-hybridized carbons (Fsp3) is 0.308. The molecule has 1 unspecified atom stereocenters. The Morgan fingerprint density at radius 3 is 2.67 bits per heavy atom. The predicted molar refractivity (Wildman–Crippen MR) is 59.6 cm³/mol. The highest BCUT2D eigenvalue weighted by Crippen LogP contribution is 2.08. The Morgan fingerprint density at radius 1 is 1.40 bits per heavy atom. The fourth-order valence-electron chi connectivity index (χ4n) is 1.09. The second-order valence-electron chi connectivity index (χ2n) is 3.18. The van der Waals surface area contributed by atoms with E-state index in [1.165, 1.54) is 0 Å². The summed E-state index contributed by atoms with van der Waals surface area (Å²) in [6.07, 6.45) is 0. The van der Waals surface area contributed by atoms with Crippen LogP contribution >= 0.6 is 0 Å². The van der Waals surface area contributed by atoms with E-state index in [-0.39, 0.29) is 18.3 Å². The molecule has 0 saturated carbocycles. The van der Waals surface area contributed by atoms with Crippen molar-refractivity contribution in [1.82, 2.24) is 0 Å². The monoisotopic (exact) mass is 202 g/mol. The first-order valence-corrected chi connectivity index (χ1v) is 4.87. The van der Waals surface area contributed by atoms with Crippen LogP contribution in [0, 0.1) is 17.8 Å². The van der Waals surface area contributed by atoms with Gasteiger partial charge < -0.3 is 4.74 Å². The van der Waals surface area contributed by atoms with Crippen LogP contribution in [0.15, 0.2) is 30.3 Å². The van der Waals surface area contributed by atoms with Gasteiger partial charge in [-0.25, -0.2) is 0 Å². The van der Waals surface area contributed by atoms with Gasteiger partial charge in [0.05, 0.1) is 5.92 Å². The van der Waals surface area contributed by atoms with E-state index in [2.05, 4.69) is 11.8 Å². The zero-order valence-electron chi connectivity index (χ0n) is 8.99. The molecule has 0 saturated heterocycles. The van der Waals surface area contributed by atoms with Crippen molar-refractivity contribution in [3.8, 4) is 17.6 Å². The summed E-state index contributed by atoms with van der Waals surface area (Å²) in [4.78, 5) is 11.5. The van der Waals surface area contributed by atoms with Gasteiger partial charge in [0.15, 0.2) is 5.78 Å². The summed E-state index contributed by atoms with van der Waals surface area (Å²) in [6, 6.07) is 9.29. The van der Waals surface area contributed by atoms with E-state index in [0.717, 1.165) is 0 Å². The van der Waals surface area contributed by atoms with E-state index in [9.17, 15) is 4.79 Å². The molecule has 0 spiro atoms. The van der Waals surface area contributed by atoms with Crippen molar-refractivity contribution in [2.75, 3.05) is 6.61 Å². The summed E-state index contributed by atoms with van der Waals surface area (Å²) in [7, 11) is 0. The molecule has 2 heteroatoms. The topological polar surface area (TPSA) is 26.3 Å². The van der Waals surface area contributed by atoms with Crippen LogP contribution in [0.1, 0.15) is 13.8 Å². The number of ether oxygens (including phenoxy) is 1. The van der Waals surface area contributed by atoms with Gasteiger partial charge in [-0.2, -0.15) is 0 Å². The van der Waals surface area contributed by atoms with Crippen molar-refractivity contribution >= 4 is 5.78 Å². The summed E-state index contributed by atoms with van der Waals surface area (Å²) >= 11 is 0. The highest BCUT2D eigenvalue weighted by Gasteiger charge is 2.10. The molecule has 0 aromatic heterocycles. The molecule has 78 valence electrons. The normalized spacial score (nSPS) is 11.1. The Hall–Kier alpha value is -1.75. The summed E-state index contributed by atoms with van der Waals surface area (Å²) in [6.45, 7) is 3.59. The highest BCUT2D eigenvalue weighted by molar-refractivity contribution is 5.84. The molecule has 0 N–H and O–H groups in total. The first-order chi connectivity index (χ1) is 7.24. The molecule has 0 aliphatic rings. The average Bonchev–Trinajstić information content (AvgIpc) is 2.27. The molecule has 0 heterocycles. The van der Waals surface area contributed by atoms with Gasteiger partial charge >= 0.3 is 0 Å².